The molecule has 0 amide bonds. The first-order valence-corrected chi connectivity index (χ1v) is 7.38. The van der Waals surface area contributed by atoms with Gasteiger partial charge in [-0.3, -0.25) is 4.79 Å². The maximum absolute atomic E-state index is 12.7. The number of rotatable bonds is 1. The average molecular weight is 305 g/mol. The molecule has 2 heterocycles. The highest BCUT2D eigenvalue weighted by Crippen LogP contribution is 2.18. The van der Waals surface area contributed by atoms with Crippen LogP contribution in [-0.4, -0.2) is 24.6 Å². The lowest BCUT2D eigenvalue weighted by Gasteiger charge is -2.06. The maximum Gasteiger partial charge on any atom is 0.285 e. The minimum absolute atomic E-state index is 0.202. The lowest BCUT2D eigenvalue weighted by molar-refractivity contribution is 0.763. The summed E-state index contributed by atoms with van der Waals surface area (Å²) in [5, 5.41) is 8.63. The number of hydrogen-bond donors (Lipinski definition) is 0. The molecule has 6 nitrogen and oxygen atoms in total. The molecule has 0 saturated heterocycles. The molecule has 0 bridgehead atoms. The van der Waals surface area contributed by atoms with Crippen molar-refractivity contribution < 1.29 is 0 Å². The maximum atomic E-state index is 12.7. The molecule has 4 aromatic rings. The summed E-state index contributed by atoms with van der Waals surface area (Å²) in [6.45, 7) is 6.00. The van der Waals surface area contributed by atoms with Gasteiger partial charge in [0.1, 0.15) is 0 Å². The van der Waals surface area contributed by atoms with Crippen LogP contribution in [0.1, 0.15) is 16.7 Å². The van der Waals surface area contributed by atoms with Gasteiger partial charge in [0.25, 0.3) is 11.3 Å². The van der Waals surface area contributed by atoms with Crippen molar-refractivity contribution in [2.45, 2.75) is 20.8 Å². The average Bonchev–Trinajstić information content (AvgIpc) is 2.97. The minimum atomic E-state index is -0.202. The molecule has 0 fully saturated rings. The SMILES string of the molecule is Cc1ccc(-n2nnn3c(=O)c4ccc(C)c(C)c4nc23)cc1. The van der Waals surface area contributed by atoms with Crippen molar-refractivity contribution in [2.75, 3.05) is 0 Å². The van der Waals surface area contributed by atoms with Crippen LogP contribution in [0.25, 0.3) is 22.4 Å². The molecule has 0 spiro atoms. The van der Waals surface area contributed by atoms with E-state index in [1.54, 1.807) is 10.7 Å². The Balaban J connectivity index is 2.11. The standard InChI is InChI=1S/C17H15N5O/c1-10-4-7-13(8-5-10)21-17-18-15-12(3)11(2)6-9-14(15)16(23)22(17)20-19-21/h4-9H,1-3H3. The smallest absolute Gasteiger partial charge is 0.266 e. The molecular formula is C17H15N5O. The molecule has 114 valence electrons. The number of benzene rings is 2. The Morgan fingerprint density at radius 2 is 1.65 bits per heavy atom. The third-order valence-corrected chi connectivity index (χ3v) is 4.21. The Morgan fingerprint density at radius 3 is 2.39 bits per heavy atom. The van der Waals surface area contributed by atoms with E-state index in [9.17, 15) is 4.79 Å². The molecular weight excluding hydrogens is 290 g/mol. The van der Waals surface area contributed by atoms with Crippen molar-refractivity contribution >= 4 is 16.7 Å². The fraction of sp³-hybridized carbons (Fsp3) is 0.176. The number of aryl methyl sites for hydroxylation is 3. The highest BCUT2D eigenvalue weighted by atomic mass is 16.1. The summed E-state index contributed by atoms with van der Waals surface area (Å²) in [5.74, 6) is 0.417. The van der Waals surface area contributed by atoms with Crippen molar-refractivity contribution in [1.29, 1.82) is 0 Å². The summed E-state index contributed by atoms with van der Waals surface area (Å²) >= 11 is 0. The van der Waals surface area contributed by atoms with Gasteiger partial charge in [0.15, 0.2) is 0 Å². The molecule has 0 N–H and O–H groups in total. The van der Waals surface area contributed by atoms with Crippen LogP contribution in [0, 0.1) is 20.8 Å². The summed E-state index contributed by atoms with van der Waals surface area (Å²) < 4.78 is 2.83. The van der Waals surface area contributed by atoms with Crippen LogP contribution in [0.3, 0.4) is 0 Å². The topological polar surface area (TPSA) is 65.1 Å². The van der Waals surface area contributed by atoms with Crippen molar-refractivity contribution in [2.24, 2.45) is 0 Å². The van der Waals surface area contributed by atoms with E-state index >= 15 is 0 Å². The predicted molar refractivity (Wildman–Crippen MR) is 88.1 cm³/mol. The molecule has 0 aliphatic carbocycles. The molecule has 0 aliphatic rings. The first-order chi connectivity index (χ1) is 11.1. The molecule has 0 radical (unpaired) electrons. The van der Waals surface area contributed by atoms with Gasteiger partial charge in [-0.25, -0.2) is 4.98 Å². The normalized spacial score (nSPS) is 11.4. The summed E-state index contributed by atoms with van der Waals surface area (Å²) in [5.41, 5.74) is 4.57. The largest absolute Gasteiger partial charge is 0.285 e. The van der Waals surface area contributed by atoms with E-state index in [0.29, 0.717) is 16.7 Å². The number of fused-ring (bicyclic) bond motifs is 2. The summed E-state index contributed by atoms with van der Waals surface area (Å²) in [6, 6.07) is 11.6. The van der Waals surface area contributed by atoms with Crippen molar-refractivity contribution in [3.63, 3.8) is 0 Å². The highest BCUT2D eigenvalue weighted by molar-refractivity contribution is 5.83. The van der Waals surface area contributed by atoms with E-state index in [1.165, 1.54) is 4.52 Å². The van der Waals surface area contributed by atoms with Crippen LogP contribution >= 0.6 is 0 Å². The lowest BCUT2D eigenvalue weighted by atomic mass is 10.1. The van der Waals surface area contributed by atoms with Crippen molar-refractivity contribution in [3.05, 3.63) is 63.4 Å². The van der Waals surface area contributed by atoms with Gasteiger partial charge in [-0.2, -0.15) is 4.68 Å². The first-order valence-electron chi connectivity index (χ1n) is 7.38. The van der Waals surface area contributed by atoms with E-state index < -0.39 is 0 Å². The summed E-state index contributed by atoms with van der Waals surface area (Å²) in [7, 11) is 0. The van der Waals surface area contributed by atoms with E-state index in [1.807, 2.05) is 51.1 Å². The van der Waals surface area contributed by atoms with Crippen LogP contribution in [0.4, 0.5) is 0 Å². The van der Waals surface area contributed by atoms with Crippen LogP contribution in [0.5, 0.6) is 0 Å². The molecule has 6 heteroatoms. The highest BCUT2D eigenvalue weighted by Gasteiger charge is 2.14. The molecule has 0 atom stereocenters. The van der Waals surface area contributed by atoms with Crippen molar-refractivity contribution in [1.82, 2.24) is 24.6 Å². The molecule has 2 aromatic carbocycles. The second-order valence-electron chi connectivity index (χ2n) is 5.76. The first kappa shape index (κ1) is 13.6. The molecule has 2 aromatic heterocycles. The van der Waals surface area contributed by atoms with Crippen LogP contribution < -0.4 is 5.56 Å². The third kappa shape index (κ3) is 1.95. The van der Waals surface area contributed by atoms with E-state index in [2.05, 4.69) is 15.4 Å². The molecule has 0 unspecified atom stereocenters. The minimum Gasteiger partial charge on any atom is -0.266 e. The zero-order valence-electron chi connectivity index (χ0n) is 13.1. The molecule has 4 rings (SSSR count). The molecule has 0 saturated carbocycles. The van der Waals surface area contributed by atoms with E-state index in [4.69, 9.17) is 0 Å². The third-order valence-electron chi connectivity index (χ3n) is 4.21. The van der Waals surface area contributed by atoms with E-state index in [-0.39, 0.29) is 5.56 Å². The van der Waals surface area contributed by atoms with E-state index in [0.717, 1.165) is 22.4 Å². The number of aromatic nitrogens is 5. The van der Waals surface area contributed by atoms with Gasteiger partial charge in [-0.1, -0.05) is 23.8 Å². The zero-order valence-corrected chi connectivity index (χ0v) is 13.1. The summed E-state index contributed by atoms with van der Waals surface area (Å²) in [6.07, 6.45) is 0. The monoisotopic (exact) mass is 305 g/mol. The quantitative estimate of drug-likeness (QED) is 0.541. The Hall–Kier alpha value is -3.02. The van der Waals surface area contributed by atoms with Crippen LogP contribution in [-0.2, 0) is 0 Å². The van der Waals surface area contributed by atoms with Gasteiger partial charge in [-0.05, 0) is 60.5 Å². The number of tetrazole rings is 1. The van der Waals surface area contributed by atoms with Gasteiger partial charge in [0.05, 0.1) is 16.6 Å². The Labute approximate surface area is 132 Å². The second kappa shape index (κ2) is 4.74. The number of hydrogen-bond acceptors (Lipinski definition) is 4. The summed E-state index contributed by atoms with van der Waals surface area (Å²) in [4.78, 5) is 17.3. The van der Waals surface area contributed by atoms with Crippen LogP contribution in [0.2, 0.25) is 0 Å². The van der Waals surface area contributed by atoms with Gasteiger partial charge in [-0.15, -0.1) is 4.52 Å². The fourth-order valence-electron chi connectivity index (χ4n) is 2.66. The Morgan fingerprint density at radius 1 is 0.913 bits per heavy atom. The number of nitrogens with zero attached hydrogens (tertiary/aromatic N) is 5. The zero-order chi connectivity index (χ0) is 16.1. The van der Waals surface area contributed by atoms with Gasteiger partial charge in [0.2, 0.25) is 0 Å². The van der Waals surface area contributed by atoms with Crippen LogP contribution in [0.15, 0.2) is 41.2 Å². The fourth-order valence-corrected chi connectivity index (χ4v) is 2.66. The lowest BCUT2D eigenvalue weighted by Crippen LogP contribution is -2.17. The van der Waals surface area contributed by atoms with Gasteiger partial charge in [0, 0.05) is 0 Å². The van der Waals surface area contributed by atoms with Gasteiger partial charge < -0.3 is 0 Å². The second-order valence-corrected chi connectivity index (χ2v) is 5.76. The predicted octanol–water partition coefficient (Wildman–Crippen LogP) is 2.35. The molecule has 0 aliphatic heterocycles. The van der Waals surface area contributed by atoms with Gasteiger partial charge >= 0.3 is 0 Å². The Bertz CT molecular complexity index is 1110. The Kier molecular flexibility index (Phi) is 2.81. The van der Waals surface area contributed by atoms with Crippen molar-refractivity contribution in [3.8, 4) is 5.69 Å². The molecule has 23 heavy (non-hydrogen) atoms.